The van der Waals surface area contributed by atoms with Gasteiger partial charge in [0.2, 0.25) is 12.3 Å². The van der Waals surface area contributed by atoms with Crippen LogP contribution in [0, 0.1) is 5.92 Å². The van der Waals surface area contributed by atoms with E-state index in [1.807, 2.05) is 4.90 Å². The molecule has 2 rings (SSSR count). The molecule has 4 nitrogen and oxygen atoms in total. The molecule has 2 aliphatic heterocycles. The minimum atomic E-state index is 0.0575. The summed E-state index contributed by atoms with van der Waals surface area (Å²) >= 11 is 0. The highest BCUT2D eigenvalue weighted by Gasteiger charge is 2.29. The van der Waals surface area contributed by atoms with Crippen molar-refractivity contribution >= 4 is 12.3 Å². The monoisotopic (exact) mass is 210 g/mol. The first-order valence-electron chi connectivity index (χ1n) is 5.79. The third-order valence-corrected chi connectivity index (χ3v) is 3.37. The zero-order chi connectivity index (χ0) is 10.7. The second-order valence-electron chi connectivity index (χ2n) is 4.47. The van der Waals surface area contributed by atoms with E-state index in [1.165, 1.54) is 0 Å². The summed E-state index contributed by atoms with van der Waals surface area (Å²) in [5.41, 5.74) is 0. The maximum absolute atomic E-state index is 12.0. The van der Waals surface area contributed by atoms with Crippen LogP contribution in [0.25, 0.3) is 0 Å². The van der Waals surface area contributed by atoms with Crippen LogP contribution < -0.4 is 0 Å². The number of rotatable bonds is 2. The summed E-state index contributed by atoms with van der Waals surface area (Å²) in [6, 6.07) is 0. The van der Waals surface area contributed by atoms with Crippen molar-refractivity contribution in [3.63, 3.8) is 0 Å². The summed E-state index contributed by atoms with van der Waals surface area (Å²) in [4.78, 5) is 26.4. The van der Waals surface area contributed by atoms with E-state index in [-0.39, 0.29) is 11.8 Å². The van der Waals surface area contributed by atoms with Crippen molar-refractivity contribution in [2.24, 2.45) is 5.92 Å². The zero-order valence-electron chi connectivity index (χ0n) is 9.02. The van der Waals surface area contributed by atoms with Gasteiger partial charge in [-0.1, -0.05) is 0 Å². The van der Waals surface area contributed by atoms with E-state index in [9.17, 15) is 9.59 Å². The van der Waals surface area contributed by atoms with E-state index < -0.39 is 0 Å². The van der Waals surface area contributed by atoms with E-state index in [2.05, 4.69) is 0 Å². The molecule has 2 aliphatic rings. The lowest BCUT2D eigenvalue weighted by Crippen LogP contribution is -2.43. The fourth-order valence-electron chi connectivity index (χ4n) is 2.50. The highest BCUT2D eigenvalue weighted by molar-refractivity contribution is 5.79. The fraction of sp³-hybridized carbons (Fsp3) is 0.818. The number of hydrogen-bond donors (Lipinski definition) is 0. The third-order valence-electron chi connectivity index (χ3n) is 3.37. The van der Waals surface area contributed by atoms with Gasteiger partial charge < -0.3 is 9.80 Å². The van der Waals surface area contributed by atoms with Gasteiger partial charge in [0, 0.05) is 26.2 Å². The van der Waals surface area contributed by atoms with E-state index in [0.29, 0.717) is 6.54 Å². The number of amides is 2. The molecule has 0 aromatic rings. The van der Waals surface area contributed by atoms with Crippen LogP contribution in [0.3, 0.4) is 0 Å². The van der Waals surface area contributed by atoms with Crippen molar-refractivity contribution in [2.75, 3.05) is 26.2 Å². The maximum atomic E-state index is 12.0. The molecule has 2 amide bonds. The van der Waals surface area contributed by atoms with Crippen LogP contribution in [0.1, 0.15) is 25.7 Å². The number of carbonyl (C=O) groups is 2. The van der Waals surface area contributed by atoms with Gasteiger partial charge in [-0.2, -0.15) is 0 Å². The lowest BCUT2D eigenvalue weighted by Gasteiger charge is -2.31. The Labute approximate surface area is 90.2 Å². The summed E-state index contributed by atoms with van der Waals surface area (Å²) in [6.45, 7) is 3.26. The van der Waals surface area contributed by atoms with Crippen LogP contribution >= 0.6 is 0 Å². The summed E-state index contributed by atoms with van der Waals surface area (Å²) in [6.07, 6.45) is 5.04. The molecule has 2 heterocycles. The first-order chi connectivity index (χ1) is 7.31. The van der Waals surface area contributed by atoms with Crippen molar-refractivity contribution in [1.82, 2.24) is 9.80 Å². The molecule has 84 valence electrons. The smallest absolute Gasteiger partial charge is 0.227 e. The van der Waals surface area contributed by atoms with Crippen molar-refractivity contribution in [1.29, 1.82) is 0 Å². The Morgan fingerprint density at radius 3 is 2.53 bits per heavy atom. The Morgan fingerprint density at radius 1 is 1.13 bits per heavy atom. The van der Waals surface area contributed by atoms with Crippen molar-refractivity contribution in [3.05, 3.63) is 0 Å². The molecule has 0 saturated carbocycles. The summed E-state index contributed by atoms with van der Waals surface area (Å²) in [7, 11) is 0. The number of nitrogens with zero attached hydrogens (tertiary/aromatic N) is 2. The molecular formula is C11H18N2O2. The molecule has 0 aromatic carbocycles. The number of likely N-dealkylation sites (tertiary alicyclic amines) is 2. The van der Waals surface area contributed by atoms with E-state index in [4.69, 9.17) is 0 Å². The Hall–Kier alpha value is -1.06. The Balaban J connectivity index is 1.91. The van der Waals surface area contributed by atoms with Crippen LogP contribution in [0.5, 0.6) is 0 Å². The topological polar surface area (TPSA) is 40.6 Å². The number of hydrogen-bond acceptors (Lipinski definition) is 2. The van der Waals surface area contributed by atoms with E-state index >= 15 is 0 Å². The van der Waals surface area contributed by atoms with Crippen LogP contribution in [0.15, 0.2) is 0 Å². The first kappa shape index (κ1) is 10.5. The van der Waals surface area contributed by atoms with Crippen LogP contribution in [-0.2, 0) is 9.59 Å². The van der Waals surface area contributed by atoms with Gasteiger partial charge in [-0.05, 0) is 25.7 Å². The minimum Gasteiger partial charge on any atom is -0.344 e. The standard InChI is InChI=1S/C11H18N2O2/c14-9-12-5-3-4-10(8-12)11(15)13-6-1-2-7-13/h9-10H,1-8H2/t10-/m1/s1. The Morgan fingerprint density at radius 2 is 1.87 bits per heavy atom. The highest BCUT2D eigenvalue weighted by Crippen LogP contribution is 2.20. The van der Waals surface area contributed by atoms with Crippen molar-refractivity contribution in [3.8, 4) is 0 Å². The zero-order valence-corrected chi connectivity index (χ0v) is 9.02. The molecule has 2 saturated heterocycles. The maximum Gasteiger partial charge on any atom is 0.227 e. The van der Waals surface area contributed by atoms with Gasteiger partial charge in [0.25, 0.3) is 0 Å². The second-order valence-corrected chi connectivity index (χ2v) is 4.47. The van der Waals surface area contributed by atoms with E-state index in [1.54, 1.807) is 4.90 Å². The molecule has 0 radical (unpaired) electrons. The number of piperidine rings is 1. The molecule has 0 bridgehead atoms. The highest BCUT2D eigenvalue weighted by atomic mass is 16.2. The minimum absolute atomic E-state index is 0.0575. The molecule has 4 heteroatoms. The Kier molecular flexibility index (Phi) is 3.23. The lowest BCUT2D eigenvalue weighted by molar-refractivity contribution is -0.137. The predicted octanol–water partition coefficient (Wildman–Crippen LogP) is 0.477. The molecule has 2 fully saturated rings. The van der Waals surface area contributed by atoms with Gasteiger partial charge in [0.15, 0.2) is 0 Å². The Bertz CT molecular complexity index is 249. The van der Waals surface area contributed by atoms with Gasteiger partial charge in [-0.25, -0.2) is 0 Å². The summed E-state index contributed by atoms with van der Waals surface area (Å²) in [5, 5.41) is 0. The van der Waals surface area contributed by atoms with Gasteiger partial charge in [0.05, 0.1) is 5.92 Å². The molecule has 0 aliphatic carbocycles. The summed E-state index contributed by atoms with van der Waals surface area (Å²) < 4.78 is 0. The second kappa shape index (κ2) is 4.64. The number of carbonyl (C=O) groups excluding carboxylic acids is 2. The largest absolute Gasteiger partial charge is 0.344 e. The average Bonchev–Trinajstić information content (AvgIpc) is 2.81. The molecule has 0 aromatic heterocycles. The lowest BCUT2D eigenvalue weighted by atomic mass is 9.97. The fourth-order valence-corrected chi connectivity index (χ4v) is 2.50. The van der Waals surface area contributed by atoms with Crippen LogP contribution in [0.2, 0.25) is 0 Å². The normalized spacial score (nSPS) is 26.8. The molecular weight excluding hydrogens is 192 g/mol. The van der Waals surface area contributed by atoms with Gasteiger partial charge in [-0.3, -0.25) is 9.59 Å². The molecule has 1 atom stereocenters. The molecule has 15 heavy (non-hydrogen) atoms. The first-order valence-corrected chi connectivity index (χ1v) is 5.79. The summed E-state index contributed by atoms with van der Waals surface area (Å²) in [5.74, 6) is 0.320. The SMILES string of the molecule is O=CN1CCC[C@@H](C(=O)N2CCCC2)C1. The van der Waals surface area contributed by atoms with Gasteiger partial charge in [0.1, 0.15) is 0 Å². The van der Waals surface area contributed by atoms with Crippen molar-refractivity contribution in [2.45, 2.75) is 25.7 Å². The third kappa shape index (κ3) is 2.30. The van der Waals surface area contributed by atoms with Crippen LogP contribution in [0.4, 0.5) is 0 Å². The molecule has 0 N–H and O–H groups in total. The van der Waals surface area contributed by atoms with Crippen LogP contribution in [-0.4, -0.2) is 48.3 Å². The molecule has 0 unspecified atom stereocenters. The van der Waals surface area contributed by atoms with Gasteiger partial charge >= 0.3 is 0 Å². The average molecular weight is 210 g/mol. The predicted molar refractivity (Wildman–Crippen MR) is 56.2 cm³/mol. The molecule has 0 spiro atoms. The van der Waals surface area contributed by atoms with Crippen molar-refractivity contribution < 1.29 is 9.59 Å². The quantitative estimate of drug-likeness (QED) is 0.622. The van der Waals surface area contributed by atoms with Gasteiger partial charge in [-0.15, -0.1) is 0 Å². The van der Waals surface area contributed by atoms with E-state index in [0.717, 1.165) is 51.7 Å².